The Morgan fingerprint density at radius 3 is 1.65 bits per heavy atom. The van der Waals surface area contributed by atoms with Crippen LogP contribution in [0.25, 0.3) is 22.3 Å². The summed E-state index contributed by atoms with van der Waals surface area (Å²) >= 11 is 0. The monoisotopic (exact) mass is 300 g/mol. The maximum absolute atomic E-state index is 2.35. The maximum atomic E-state index is 2.35. The van der Waals surface area contributed by atoms with Crippen molar-refractivity contribution >= 4 is 0 Å². The summed E-state index contributed by atoms with van der Waals surface area (Å²) in [5, 5.41) is 0. The first-order chi connectivity index (χ1) is 11.0. The zero-order valence-electron chi connectivity index (χ0n) is 14.7. The number of rotatable bonds is 2. The van der Waals surface area contributed by atoms with Gasteiger partial charge in [0, 0.05) is 0 Å². The van der Waals surface area contributed by atoms with Crippen LogP contribution in [0.15, 0.2) is 54.6 Å². The number of hydrogen-bond donors (Lipinski definition) is 0. The van der Waals surface area contributed by atoms with Gasteiger partial charge in [0.1, 0.15) is 0 Å². The first kappa shape index (κ1) is 15.6. The molecule has 116 valence electrons. The summed E-state index contributed by atoms with van der Waals surface area (Å²) in [6, 6.07) is 20.2. The number of aryl methyl sites for hydroxylation is 5. The Bertz CT molecular complexity index is 852. The molecular weight excluding hydrogens is 276 g/mol. The van der Waals surface area contributed by atoms with Crippen LogP contribution in [0.1, 0.15) is 27.8 Å². The van der Waals surface area contributed by atoms with Crippen LogP contribution in [0.5, 0.6) is 0 Å². The third-order valence-electron chi connectivity index (χ3n) is 4.61. The third kappa shape index (κ3) is 3.07. The minimum Gasteiger partial charge on any atom is -0.0587 e. The average Bonchev–Trinajstić information content (AvgIpc) is 2.49. The molecule has 0 saturated carbocycles. The van der Waals surface area contributed by atoms with Crippen LogP contribution in [-0.4, -0.2) is 0 Å². The maximum Gasteiger partial charge on any atom is -0.0146 e. The molecule has 0 unspecified atom stereocenters. The van der Waals surface area contributed by atoms with Crippen LogP contribution in [0, 0.1) is 34.6 Å². The lowest BCUT2D eigenvalue weighted by Gasteiger charge is -2.15. The second-order valence-corrected chi connectivity index (χ2v) is 6.67. The molecule has 23 heavy (non-hydrogen) atoms. The summed E-state index contributed by atoms with van der Waals surface area (Å²) in [5.41, 5.74) is 11.9. The standard InChI is InChI=1S/C23H24/c1-15-6-9-20(10-7-15)22-14-23(19(5)13-18(22)4)21-11-8-16(2)12-17(21)3/h6-14H,1-5H3. The van der Waals surface area contributed by atoms with Gasteiger partial charge in [-0.3, -0.25) is 0 Å². The number of benzene rings is 3. The van der Waals surface area contributed by atoms with Crippen molar-refractivity contribution in [3.8, 4) is 22.3 Å². The van der Waals surface area contributed by atoms with Crippen molar-refractivity contribution in [2.24, 2.45) is 0 Å². The summed E-state index contributed by atoms with van der Waals surface area (Å²) < 4.78 is 0. The highest BCUT2D eigenvalue weighted by Crippen LogP contribution is 2.34. The van der Waals surface area contributed by atoms with Crippen molar-refractivity contribution in [3.63, 3.8) is 0 Å². The van der Waals surface area contributed by atoms with E-state index in [1.54, 1.807) is 0 Å². The van der Waals surface area contributed by atoms with Gasteiger partial charge in [0.05, 0.1) is 0 Å². The van der Waals surface area contributed by atoms with Gasteiger partial charge in [-0.1, -0.05) is 59.7 Å². The molecule has 0 fully saturated rings. The SMILES string of the molecule is Cc1ccc(-c2cc(-c3ccc(C)cc3C)c(C)cc2C)cc1. The largest absolute Gasteiger partial charge is 0.0587 e. The van der Waals surface area contributed by atoms with E-state index in [1.165, 1.54) is 50.1 Å². The fraction of sp³-hybridized carbons (Fsp3) is 0.217. The first-order valence-corrected chi connectivity index (χ1v) is 8.21. The van der Waals surface area contributed by atoms with E-state index >= 15 is 0 Å². The van der Waals surface area contributed by atoms with E-state index < -0.39 is 0 Å². The van der Waals surface area contributed by atoms with Gasteiger partial charge in [-0.05, 0) is 79.6 Å². The molecule has 0 radical (unpaired) electrons. The second-order valence-electron chi connectivity index (χ2n) is 6.67. The van der Waals surface area contributed by atoms with Crippen LogP contribution < -0.4 is 0 Å². The Morgan fingerprint density at radius 1 is 0.435 bits per heavy atom. The lowest BCUT2D eigenvalue weighted by molar-refractivity contribution is 1.34. The van der Waals surface area contributed by atoms with Gasteiger partial charge in [-0.15, -0.1) is 0 Å². The normalized spacial score (nSPS) is 10.8. The summed E-state index contributed by atoms with van der Waals surface area (Å²) in [4.78, 5) is 0. The van der Waals surface area contributed by atoms with Gasteiger partial charge in [0.15, 0.2) is 0 Å². The molecule has 0 heterocycles. The zero-order valence-corrected chi connectivity index (χ0v) is 14.7. The highest BCUT2D eigenvalue weighted by molar-refractivity contribution is 5.79. The zero-order chi connectivity index (χ0) is 16.6. The highest BCUT2D eigenvalue weighted by atomic mass is 14.1. The lowest BCUT2D eigenvalue weighted by atomic mass is 9.89. The molecule has 0 aliphatic carbocycles. The molecule has 0 aliphatic heterocycles. The quantitative estimate of drug-likeness (QED) is 0.502. The summed E-state index contributed by atoms with van der Waals surface area (Å²) in [6.07, 6.45) is 0. The van der Waals surface area contributed by atoms with Crippen LogP contribution in [0.4, 0.5) is 0 Å². The Balaban J connectivity index is 2.19. The van der Waals surface area contributed by atoms with Crippen LogP contribution in [0.2, 0.25) is 0 Å². The van der Waals surface area contributed by atoms with Gasteiger partial charge < -0.3 is 0 Å². The lowest BCUT2D eigenvalue weighted by Crippen LogP contribution is -1.92. The molecule has 0 spiro atoms. The van der Waals surface area contributed by atoms with Crippen molar-refractivity contribution < 1.29 is 0 Å². The predicted molar refractivity (Wildman–Crippen MR) is 101 cm³/mol. The Labute approximate surface area is 139 Å². The third-order valence-corrected chi connectivity index (χ3v) is 4.61. The smallest absolute Gasteiger partial charge is 0.0146 e. The molecule has 3 rings (SSSR count). The fourth-order valence-electron chi connectivity index (χ4n) is 3.30. The van der Waals surface area contributed by atoms with Crippen LogP contribution >= 0.6 is 0 Å². The molecular formula is C23H24. The van der Waals surface area contributed by atoms with Crippen molar-refractivity contribution in [1.82, 2.24) is 0 Å². The molecule has 0 saturated heterocycles. The van der Waals surface area contributed by atoms with E-state index in [1.807, 2.05) is 0 Å². The van der Waals surface area contributed by atoms with Gasteiger partial charge in [-0.2, -0.15) is 0 Å². The van der Waals surface area contributed by atoms with Gasteiger partial charge in [0.25, 0.3) is 0 Å². The minimum atomic E-state index is 1.29. The minimum absolute atomic E-state index is 1.29. The second kappa shape index (κ2) is 6.04. The predicted octanol–water partition coefficient (Wildman–Crippen LogP) is 6.56. The van der Waals surface area contributed by atoms with Crippen molar-refractivity contribution in [1.29, 1.82) is 0 Å². The van der Waals surface area contributed by atoms with Gasteiger partial charge >= 0.3 is 0 Å². The van der Waals surface area contributed by atoms with E-state index in [0.29, 0.717) is 0 Å². The number of hydrogen-bond acceptors (Lipinski definition) is 0. The van der Waals surface area contributed by atoms with Crippen molar-refractivity contribution in [3.05, 3.63) is 82.4 Å². The van der Waals surface area contributed by atoms with Crippen molar-refractivity contribution in [2.45, 2.75) is 34.6 Å². The molecule has 0 aliphatic rings. The average molecular weight is 300 g/mol. The van der Waals surface area contributed by atoms with E-state index in [-0.39, 0.29) is 0 Å². The Morgan fingerprint density at radius 2 is 1.00 bits per heavy atom. The molecule has 0 amide bonds. The molecule has 0 aromatic heterocycles. The van der Waals surface area contributed by atoms with Crippen molar-refractivity contribution in [2.75, 3.05) is 0 Å². The summed E-state index contributed by atoms with van der Waals surface area (Å²) in [5.74, 6) is 0. The Hall–Kier alpha value is -2.34. The first-order valence-electron chi connectivity index (χ1n) is 8.21. The van der Waals surface area contributed by atoms with Crippen LogP contribution in [0.3, 0.4) is 0 Å². The summed E-state index contributed by atoms with van der Waals surface area (Å²) in [6.45, 7) is 10.9. The fourth-order valence-corrected chi connectivity index (χ4v) is 3.30. The van der Waals surface area contributed by atoms with E-state index in [4.69, 9.17) is 0 Å². The molecule has 3 aromatic rings. The highest BCUT2D eigenvalue weighted by Gasteiger charge is 2.10. The topological polar surface area (TPSA) is 0 Å². The van der Waals surface area contributed by atoms with Crippen LogP contribution in [-0.2, 0) is 0 Å². The molecule has 0 nitrogen and oxygen atoms in total. The van der Waals surface area contributed by atoms with E-state index in [0.717, 1.165) is 0 Å². The van der Waals surface area contributed by atoms with E-state index in [9.17, 15) is 0 Å². The molecule has 0 bridgehead atoms. The van der Waals surface area contributed by atoms with Gasteiger partial charge in [-0.25, -0.2) is 0 Å². The molecule has 3 aromatic carbocycles. The Kier molecular flexibility index (Phi) is 4.09. The molecule has 0 atom stereocenters. The summed E-state index contributed by atoms with van der Waals surface area (Å²) in [7, 11) is 0. The van der Waals surface area contributed by atoms with E-state index in [2.05, 4.69) is 89.2 Å². The van der Waals surface area contributed by atoms with Gasteiger partial charge in [0.2, 0.25) is 0 Å². The molecule has 0 N–H and O–H groups in total. The molecule has 0 heteroatoms.